The monoisotopic (exact) mass is 408 g/mol. The number of hydrogen-bond donors (Lipinski definition) is 2. The summed E-state index contributed by atoms with van der Waals surface area (Å²) in [6, 6.07) is 4.10. The molecule has 1 unspecified atom stereocenters. The number of nitrogen functional groups attached to an aromatic ring is 1. The first-order chi connectivity index (χ1) is 13.6. The maximum Gasteiger partial charge on any atom is 0.416 e. The molecule has 1 aliphatic heterocycles. The van der Waals surface area contributed by atoms with Crippen LogP contribution in [0.3, 0.4) is 0 Å². The summed E-state index contributed by atoms with van der Waals surface area (Å²) in [4.78, 5) is 30.0. The van der Waals surface area contributed by atoms with Crippen molar-refractivity contribution in [3.8, 4) is 5.75 Å². The average molecular weight is 408 g/mol. The highest BCUT2D eigenvalue weighted by atomic mass is 19.4. The van der Waals surface area contributed by atoms with Crippen molar-refractivity contribution < 1.29 is 27.5 Å². The van der Waals surface area contributed by atoms with Gasteiger partial charge in [0, 0.05) is 19.0 Å². The average Bonchev–Trinajstić information content (AvgIpc) is 2.68. The third-order valence-electron chi connectivity index (χ3n) is 4.71. The summed E-state index contributed by atoms with van der Waals surface area (Å²) in [7, 11) is 1.42. The number of aromatic nitrogens is 1. The highest BCUT2D eigenvalue weighted by Gasteiger charge is 2.35. The van der Waals surface area contributed by atoms with Crippen LogP contribution in [0.5, 0.6) is 5.75 Å². The van der Waals surface area contributed by atoms with Crippen molar-refractivity contribution in [1.82, 2.24) is 9.88 Å². The predicted molar refractivity (Wildman–Crippen MR) is 99.1 cm³/mol. The minimum atomic E-state index is -4.50. The van der Waals surface area contributed by atoms with E-state index in [1.54, 1.807) is 13.0 Å². The second kappa shape index (κ2) is 7.61. The van der Waals surface area contributed by atoms with Gasteiger partial charge in [-0.25, -0.2) is 4.98 Å². The first-order valence-electron chi connectivity index (χ1n) is 8.72. The Morgan fingerprint density at radius 1 is 1.31 bits per heavy atom. The second-order valence-corrected chi connectivity index (χ2v) is 6.70. The molecule has 1 aromatic carbocycles. The number of pyridine rings is 1. The molecule has 2 aromatic rings. The maximum atomic E-state index is 12.9. The minimum absolute atomic E-state index is 0.0505. The van der Waals surface area contributed by atoms with Gasteiger partial charge in [0.15, 0.2) is 0 Å². The lowest BCUT2D eigenvalue weighted by atomic mass is 9.97. The van der Waals surface area contributed by atoms with Gasteiger partial charge in [0.05, 0.1) is 30.1 Å². The molecule has 7 nitrogen and oxygen atoms in total. The maximum absolute atomic E-state index is 12.9. The molecule has 154 valence electrons. The fourth-order valence-corrected chi connectivity index (χ4v) is 3.09. The molecule has 10 heteroatoms. The van der Waals surface area contributed by atoms with Crippen LogP contribution in [0.15, 0.2) is 30.5 Å². The zero-order valence-corrected chi connectivity index (χ0v) is 15.7. The number of nitrogens with one attached hydrogen (secondary N) is 1. The summed E-state index contributed by atoms with van der Waals surface area (Å²) >= 11 is 0. The molecule has 2 heterocycles. The Labute approximate surface area is 164 Å². The Bertz CT molecular complexity index is 962. The van der Waals surface area contributed by atoms with Crippen molar-refractivity contribution in [3.05, 3.63) is 47.2 Å². The molecule has 0 radical (unpaired) electrons. The lowest BCUT2D eigenvalue weighted by Crippen LogP contribution is -2.41. The van der Waals surface area contributed by atoms with Gasteiger partial charge in [-0.3, -0.25) is 9.59 Å². The summed E-state index contributed by atoms with van der Waals surface area (Å²) in [6.45, 7) is 1.83. The first-order valence-corrected chi connectivity index (χ1v) is 8.72. The Kier molecular flexibility index (Phi) is 5.36. The predicted octanol–water partition coefficient (Wildman–Crippen LogP) is 2.91. The SMILES string of the molecule is Cc1cc(NC(=O)C(=O)N(C)C2CCOc3cc(C(F)(F)F)ccc32)cnc1N. The zero-order chi connectivity index (χ0) is 21.3. The van der Waals surface area contributed by atoms with Gasteiger partial charge in [-0.2, -0.15) is 13.2 Å². The van der Waals surface area contributed by atoms with Crippen LogP contribution in [-0.4, -0.2) is 35.4 Å². The van der Waals surface area contributed by atoms with Crippen molar-refractivity contribution in [2.45, 2.75) is 25.6 Å². The largest absolute Gasteiger partial charge is 0.493 e. The molecule has 0 bridgehead atoms. The highest BCUT2D eigenvalue weighted by Crippen LogP contribution is 2.39. The Hall–Kier alpha value is -3.30. The van der Waals surface area contributed by atoms with E-state index in [0.29, 0.717) is 29.1 Å². The lowest BCUT2D eigenvalue weighted by Gasteiger charge is -2.33. The summed E-state index contributed by atoms with van der Waals surface area (Å²) in [6.07, 6.45) is -2.83. The van der Waals surface area contributed by atoms with Gasteiger partial charge in [-0.1, -0.05) is 6.07 Å². The Balaban J connectivity index is 1.78. The molecule has 1 aromatic heterocycles. The van der Waals surface area contributed by atoms with Gasteiger partial charge in [-0.15, -0.1) is 0 Å². The number of halogens is 3. The number of amides is 2. The summed E-state index contributed by atoms with van der Waals surface area (Å²) in [5.74, 6) is -1.37. The number of fused-ring (bicyclic) bond motifs is 1. The molecule has 1 aliphatic rings. The minimum Gasteiger partial charge on any atom is -0.493 e. The quantitative estimate of drug-likeness (QED) is 0.745. The molecule has 3 N–H and O–H groups in total. The van der Waals surface area contributed by atoms with Crippen LogP contribution in [0.2, 0.25) is 0 Å². The molecule has 0 spiro atoms. The standard InChI is InChI=1S/C19H19F3N4O3/c1-10-7-12(9-24-16(10)23)25-17(27)18(28)26(2)14-5-6-29-15-8-11(19(20,21)22)3-4-13(14)15/h3-4,7-9,14H,5-6H2,1-2H3,(H2,23,24)(H,25,27). The fraction of sp³-hybridized carbons (Fsp3) is 0.316. The highest BCUT2D eigenvalue weighted by molar-refractivity contribution is 6.39. The van der Waals surface area contributed by atoms with Gasteiger partial charge >= 0.3 is 18.0 Å². The van der Waals surface area contributed by atoms with E-state index in [4.69, 9.17) is 10.5 Å². The van der Waals surface area contributed by atoms with Gasteiger partial charge < -0.3 is 20.7 Å². The third-order valence-corrected chi connectivity index (χ3v) is 4.71. The Morgan fingerprint density at radius 3 is 2.69 bits per heavy atom. The molecular formula is C19H19F3N4O3. The fourth-order valence-electron chi connectivity index (χ4n) is 3.09. The number of benzene rings is 1. The number of alkyl halides is 3. The van der Waals surface area contributed by atoms with Crippen molar-refractivity contribution in [2.75, 3.05) is 24.7 Å². The number of rotatable bonds is 2. The topological polar surface area (TPSA) is 97.5 Å². The Morgan fingerprint density at radius 2 is 2.03 bits per heavy atom. The van der Waals surface area contributed by atoms with E-state index in [1.165, 1.54) is 24.2 Å². The van der Waals surface area contributed by atoms with Gasteiger partial charge in [0.2, 0.25) is 0 Å². The molecule has 29 heavy (non-hydrogen) atoms. The summed E-state index contributed by atoms with van der Waals surface area (Å²) < 4.78 is 44.1. The molecule has 0 aliphatic carbocycles. The number of hydrogen-bond acceptors (Lipinski definition) is 5. The van der Waals surface area contributed by atoms with Gasteiger partial charge in [-0.05, 0) is 30.7 Å². The van der Waals surface area contributed by atoms with Gasteiger partial charge in [0.25, 0.3) is 0 Å². The van der Waals surface area contributed by atoms with E-state index in [1.807, 2.05) is 0 Å². The number of aryl methyl sites for hydroxylation is 1. The number of nitrogens with zero attached hydrogens (tertiary/aromatic N) is 2. The number of ether oxygens (including phenoxy) is 1. The molecule has 2 amide bonds. The van der Waals surface area contributed by atoms with E-state index >= 15 is 0 Å². The van der Waals surface area contributed by atoms with Crippen LogP contribution in [-0.2, 0) is 15.8 Å². The van der Waals surface area contributed by atoms with E-state index in [9.17, 15) is 22.8 Å². The normalized spacial score (nSPS) is 15.8. The van der Waals surface area contributed by atoms with Gasteiger partial charge in [0.1, 0.15) is 11.6 Å². The van der Waals surface area contributed by atoms with Crippen LogP contribution in [0.4, 0.5) is 24.7 Å². The van der Waals surface area contributed by atoms with Crippen molar-refractivity contribution >= 4 is 23.3 Å². The van der Waals surface area contributed by atoms with E-state index < -0.39 is 29.6 Å². The second-order valence-electron chi connectivity index (χ2n) is 6.70. The zero-order valence-electron chi connectivity index (χ0n) is 15.7. The summed E-state index contributed by atoms with van der Waals surface area (Å²) in [5, 5.41) is 2.45. The molecule has 0 saturated carbocycles. The van der Waals surface area contributed by atoms with Crippen LogP contribution in [0, 0.1) is 6.92 Å². The van der Waals surface area contributed by atoms with Crippen LogP contribution >= 0.6 is 0 Å². The number of likely N-dealkylation sites (N-methyl/N-ethyl adjacent to an activating group) is 1. The first kappa shape index (κ1) is 20.4. The third kappa shape index (κ3) is 4.25. The lowest BCUT2D eigenvalue weighted by molar-refractivity contribution is -0.144. The van der Waals surface area contributed by atoms with E-state index in [0.717, 1.165) is 12.1 Å². The number of carbonyl (C=O) groups is 2. The van der Waals surface area contributed by atoms with Crippen LogP contribution < -0.4 is 15.8 Å². The molecule has 0 fully saturated rings. The van der Waals surface area contributed by atoms with Crippen molar-refractivity contribution in [2.24, 2.45) is 0 Å². The summed E-state index contributed by atoms with van der Waals surface area (Å²) in [5.41, 5.74) is 6.16. The van der Waals surface area contributed by atoms with E-state index in [2.05, 4.69) is 10.3 Å². The van der Waals surface area contributed by atoms with Crippen molar-refractivity contribution in [3.63, 3.8) is 0 Å². The van der Waals surface area contributed by atoms with Crippen molar-refractivity contribution in [1.29, 1.82) is 0 Å². The van der Waals surface area contributed by atoms with E-state index in [-0.39, 0.29) is 12.4 Å². The molecule has 1 atom stereocenters. The van der Waals surface area contributed by atoms with Crippen LogP contribution in [0.25, 0.3) is 0 Å². The molecular weight excluding hydrogens is 389 g/mol. The smallest absolute Gasteiger partial charge is 0.416 e. The van der Waals surface area contributed by atoms with Crippen LogP contribution in [0.1, 0.15) is 29.2 Å². The number of carbonyl (C=O) groups excluding carboxylic acids is 2. The number of nitrogens with two attached hydrogens (primary N) is 1. The number of anilines is 2. The molecule has 3 rings (SSSR count). The molecule has 0 saturated heterocycles.